The van der Waals surface area contributed by atoms with Gasteiger partial charge in [-0.05, 0) is 37.5 Å². The van der Waals surface area contributed by atoms with Gasteiger partial charge in [0.25, 0.3) is 5.91 Å². The summed E-state index contributed by atoms with van der Waals surface area (Å²) in [4.78, 5) is 38.0. The van der Waals surface area contributed by atoms with E-state index >= 15 is 0 Å². The van der Waals surface area contributed by atoms with E-state index in [4.69, 9.17) is 5.73 Å². The number of carbonyl (C=O) groups is 2. The van der Waals surface area contributed by atoms with Crippen LogP contribution in [-0.2, 0) is 16.6 Å². The number of rotatable bonds is 4. The number of nitrogens with zero attached hydrogens (tertiary/aromatic N) is 3. The molecule has 2 heterocycles. The van der Waals surface area contributed by atoms with Crippen LogP contribution < -0.4 is 16.7 Å². The number of nitrogens with two attached hydrogens (primary N) is 1. The second-order valence-corrected chi connectivity index (χ2v) is 7.34. The summed E-state index contributed by atoms with van der Waals surface area (Å²) in [6.45, 7) is -0.675. The molecule has 1 aliphatic carbocycles. The van der Waals surface area contributed by atoms with Crippen molar-refractivity contribution >= 4 is 53.3 Å². The van der Waals surface area contributed by atoms with Gasteiger partial charge in [-0.1, -0.05) is 0 Å². The number of hydrogen-bond acceptors (Lipinski definition) is 6. The van der Waals surface area contributed by atoms with Crippen LogP contribution in [0.4, 0.5) is 5.69 Å². The van der Waals surface area contributed by atoms with Crippen molar-refractivity contribution in [1.82, 2.24) is 14.0 Å². The molecule has 4 N–H and O–H groups in total. The number of aryl methyl sites for hydroxylation is 1. The van der Waals surface area contributed by atoms with Crippen molar-refractivity contribution < 1.29 is 14.7 Å². The quantitative estimate of drug-likeness (QED) is 0.595. The molecule has 160 valence electrons. The van der Waals surface area contributed by atoms with Gasteiger partial charge in [0.1, 0.15) is 12.8 Å². The molecule has 11 heteroatoms. The Kier molecular flexibility index (Phi) is 7.00. The number of carbonyl (C=O) groups excluding carboxylic acids is 2. The van der Waals surface area contributed by atoms with Crippen LogP contribution in [0.15, 0.2) is 23.0 Å². The predicted molar refractivity (Wildman–Crippen MR) is 114 cm³/mol. The molecule has 29 heavy (non-hydrogen) atoms. The lowest BCUT2D eigenvalue weighted by atomic mass is 9.87. The minimum atomic E-state index is -0.797. The summed E-state index contributed by atoms with van der Waals surface area (Å²) >= 11 is 0. The summed E-state index contributed by atoms with van der Waals surface area (Å²) in [6.07, 6.45) is 2.19. The fourth-order valence-corrected chi connectivity index (χ4v) is 3.98. The average molecular weight is 446 g/mol. The number of imide groups is 1. The number of amides is 2. The molecule has 1 aliphatic heterocycles. The van der Waals surface area contributed by atoms with Crippen molar-refractivity contribution in [2.75, 3.05) is 12.0 Å². The highest BCUT2D eigenvalue weighted by Gasteiger charge is 2.37. The van der Waals surface area contributed by atoms with E-state index in [1.165, 1.54) is 9.13 Å². The number of likely N-dealkylation sites (tertiary alicyclic amines) is 1. The monoisotopic (exact) mass is 445 g/mol. The van der Waals surface area contributed by atoms with Gasteiger partial charge in [0.15, 0.2) is 0 Å². The number of aliphatic hydroxyl groups is 1. The second-order valence-electron chi connectivity index (χ2n) is 7.34. The summed E-state index contributed by atoms with van der Waals surface area (Å²) in [5, 5.41) is 12.7. The van der Waals surface area contributed by atoms with E-state index in [0.29, 0.717) is 17.1 Å². The van der Waals surface area contributed by atoms with E-state index in [9.17, 15) is 19.5 Å². The Labute approximate surface area is 179 Å². The Bertz CT molecular complexity index is 983. The Balaban J connectivity index is 0.00000150. The number of aromatic nitrogens is 2. The summed E-state index contributed by atoms with van der Waals surface area (Å²) < 4.78 is 2.93. The number of piperidine rings is 1. The van der Waals surface area contributed by atoms with E-state index in [2.05, 4.69) is 5.32 Å². The van der Waals surface area contributed by atoms with Crippen molar-refractivity contribution in [1.29, 1.82) is 0 Å². The third kappa shape index (κ3) is 3.87. The molecule has 0 spiro atoms. The highest BCUT2D eigenvalue weighted by Crippen LogP contribution is 2.29. The van der Waals surface area contributed by atoms with Gasteiger partial charge >= 0.3 is 5.69 Å². The van der Waals surface area contributed by atoms with E-state index in [-0.39, 0.29) is 49.4 Å². The van der Waals surface area contributed by atoms with Crippen molar-refractivity contribution in [2.45, 2.75) is 43.8 Å². The molecular weight excluding hydrogens is 421 g/mol. The van der Waals surface area contributed by atoms with Gasteiger partial charge in [0.05, 0.1) is 11.0 Å². The Hall–Kier alpha value is -2.07. The summed E-state index contributed by atoms with van der Waals surface area (Å²) in [5.74, 6) is -0.966. The van der Waals surface area contributed by atoms with Gasteiger partial charge in [-0.2, -0.15) is 0 Å². The first-order valence-corrected chi connectivity index (χ1v) is 9.09. The van der Waals surface area contributed by atoms with Gasteiger partial charge in [-0.25, -0.2) is 4.79 Å². The number of imidazole rings is 1. The maximum atomic E-state index is 12.8. The van der Waals surface area contributed by atoms with E-state index < -0.39 is 24.6 Å². The summed E-state index contributed by atoms with van der Waals surface area (Å²) in [5.41, 5.74) is 7.73. The van der Waals surface area contributed by atoms with Crippen LogP contribution >= 0.6 is 24.8 Å². The zero-order valence-electron chi connectivity index (χ0n) is 15.9. The fraction of sp³-hybridized carbons (Fsp3) is 0.500. The second kappa shape index (κ2) is 8.74. The zero-order chi connectivity index (χ0) is 19.3. The number of benzene rings is 1. The lowest BCUT2D eigenvalue weighted by Crippen LogP contribution is -2.48. The van der Waals surface area contributed by atoms with Gasteiger partial charge in [-0.3, -0.25) is 23.6 Å². The lowest BCUT2D eigenvalue weighted by Gasteiger charge is -2.33. The van der Waals surface area contributed by atoms with Gasteiger partial charge in [0, 0.05) is 31.2 Å². The molecule has 9 nitrogen and oxygen atoms in total. The first-order chi connectivity index (χ1) is 12.9. The van der Waals surface area contributed by atoms with E-state index in [1.807, 2.05) is 18.2 Å². The molecule has 2 aliphatic rings. The molecule has 1 atom stereocenters. The van der Waals surface area contributed by atoms with Crippen molar-refractivity contribution in [3.05, 3.63) is 28.7 Å². The highest BCUT2D eigenvalue weighted by atomic mass is 35.5. The SMILES string of the molecule is Cl.Cl.Cn1c(=O)n(C2CCC(=O)N(CO)C2=O)c2ccc(NC3CC(N)C3)cc21. The molecule has 1 aromatic heterocycles. The van der Waals surface area contributed by atoms with Crippen LogP contribution in [0.2, 0.25) is 0 Å². The minimum absolute atomic E-state index is 0. The molecule has 1 saturated carbocycles. The normalized spacial score (nSPS) is 24.0. The van der Waals surface area contributed by atoms with Crippen LogP contribution in [0.25, 0.3) is 11.0 Å². The third-order valence-corrected chi connectivity index (χ3v) is 5.57. The van der Waals surface area contributed by atoms with Crippen molar-refractivity contribution in [3.8, 4) is 0 Å². The molecule has 2 fully saturated rings. The molecule has 0 radical (unpaired) electrons. The first kappa shape index (κ1) is 23.2. The third-order valence-electron chi connectivity index (χ3n) is 5.57. The van der Waals surface area contributed by atoms with E-state index in [0.717, 1.165) is 23.4 Å². The fourth-order valence-electron chi connectivity index (χ4n) is 3.98. The van der Waals surface area contributed by atoms with Crippen LogP contribution in [0.5, 0.6) is 0 Å². The first-order valence-electron chi connectivity index (χ1n) is 9.09. The molecular formula is C18H25Cl2N5O4. The standard InChI is InChI=1S/C18H23N5O4.2ClH/c1-21-15-8-11(20-12-6-10(19)7-12)2-3-13(15)23(18(21)27)14-4-5-16(25)22(9-24)17(14)26;;/h2-3,8,10,12,14,20,24H,4-7,9,19H2,1H3;2*1H. The van der Waals surface area contributed by atoms with Gasteiger partial charge in [-0.15, -0.1) is 24.8 Å². The van der Waals surface area contributed by atoms with E-state index in [1.54, 1.807) is 7.05 Å². The number of hydrogen-bond donors (Lipinski definition) is 3. The van der Waals surface area contributed by atoms with Crippen LogP contribution in [0, 0.1) is 0 Å². The summed E-state index contributed by atoms with van der Waals surface area (Å²) in [7, 11) is 1.66. The van der Waals surface area contributed by atoms with Crippen LogP contribution in [0.3, 0.4) is 0 Å². The Morgan fingerprint density at radius 2 is 1.86 bits per heavy atom. The molecule has 2 aromatic rings. The smallest absolute Gasteiger partial charge is 0.329 e. The largest absolute Gasteiger partial charge is 0.382 e. The Morgan fingerprint density at radius 3 is 2.48 bits per heavy atom. The molecule has 1 aromatic carbocycles. The van der Waals surface area contributed by atoms with Gasteiger partial charge < -0.3 is 16.2 Å². The lowest BCUT2D eigenvalue weighted by molar-refractivity contribution is -0.155. The minimum Gasteiger partial charge on any atom is -0.382 e. The number of halogens is 2. The maximum Gasteiger partial charge on any atom is 0.329 e. The molecule has 0 bridgehead atoms. The predicted octanol–water partition coefficient (Wildman–Crippen LogP) is 0.725. The number of aliphatic hydroxyl groups excluding tert-OH is 1. The van der Waals surface area contributed by atoms with Crippen molar-refractivity contribution in [3.63, 3.8) is 0 Å². The van der Waals surface area contributed by atoms with Gasteiger partial charge in [0.2, 0.25) is 5.91 Å². The van der Waals surface area contributed by atoms with Crippen LogP contribution in [0.1, 0.15) is 31.7 Å². The number of fused-ring (bicyclic) bond motifs is 1. The number of anilines is 1. The molecule has 1 unspecified atom stereocenters. The zero-order valence-corrected chi connectivity index (χ0v) is 17.5. The van der Waals surface area contributed by atoms with Crippen LogP contribution in [-0.4, -0.2) is 49.8 Å². The van der Waals surface area contributed by atoms with Crippen molar-refractivity contribution in [2.24, 2.45) is 12.8 Å². The molecule has 2 amide bonds. The Morgan fingerprint density at radius 1 is 1.17 bits per heavy atom. The topological polar surface area (TPSA) is 123 Å². The average Bonchev–Trinajstić information content (AvgIpc) is 2.86. The highest BCUT2D eigenvalue weighted by molar-refractivity contribution is 6.00. The molecule has 1 saturated heterocycles. The molecule has 4 rings (SSSR count). The number of nitrogens with one attached hydrogen (secondary N) is 1. The maximum absolute atomic E-state index is 12.8. The summed E-state index contributed by atoms with van der Waals surface area (Å²) in [6, 6.07) is 5.36.